The Balaban J connectivity index is 0.000000214. The summed E-state index contributed by atoms with van der Waals surface area (Å²) in [6.07, 6.45) is -0.957. The Hall–Kier alpha value is -4.10. The average molecular weight is 508 g/mol. The average Bonchev–Trinajstić information content (AvgIpc) is 3.18. The number of hydrogen-bond acceptors (Lipinski definition) is 6. The van der Waals surface area contributed by atoms with Gasteiger partial charge >= 0.3 is 11.9 Å². The van der Waals surface area contributed by atoms with Crippen molar-refractivity contribution in [1.82, 2.24) is 4.57 Å². The second-order valence-electron chi connectivity index (χ2n) is 7.82. The molecule has 0 N–H and O–H groups in total. The maximum atomic E-state index is 12.7. The van der Waals surface area contributed by atoms with Gasteiger partial charge in [0.25, 0.3) is 12.2 Å². The Kier molecular flexibility index (Phi) is 8.86. The van der Waals surface area contributed by atoms with E-state index in [0.717, 1.165) is 22.3 Å². The summed E-state index contributed by atoms with van der Waals surface area (Å²) in [5.41, 5.74) is 2.99. The SMILES string of the molecule is CC(=O)OC(OC(C)=O)c1ccccc1.COc1ccc2c(c1)cc(C)n2C(=O)c1ccc(Cl)cc1. The van der Waals surface area contributed by atoms with Crippen molar-refractivity contribution in [2.75, 3.05) is 7.11 Å². The fourth-order valence-electron chi connectivity index (χ4n) is 3.52. The molecule has 7 nitrogen and oxygen atoms in total. The first-order valence-electron chi connectivity index (χ1n) is 11.1. The first kappa shape index (κ1) is 26.5. The molecule has 0 aliphatic carbocycles. The standard InChI is InChI=1S/C17H14ClNO2.C11H12O4/c1-11-9-13-10-15(21-2)7-8-16(13)19(11)17(20)12-3-5-14(18)6-4-12;1-8(12)14-11(15-9(2)13)10-6-4-3-5-7-10/h3-10H,1-2H3;3-7,11H,1-2H3. The van der Waals surface area contributed by atoms with E-state index in [2.05, 4.69) is 0 Å². The van der Waals surface area contributed by atoms with Crippen molar-refractivity contribution in [3.8, 4) is 5.75 Å². The van der Waals surface area contributed by atoms with Crippen LogP contribution in [0.3, 0.4) is 0 Å². The van der Waals surface area contributed by atoms with Crippen molar-refractivity contribution in [3.05, 3.63) is 101 Å². The first-order valence-corrected chi connectivity index (χ1v) is 11.4. The minimum absolute atomic E-state index is 0.0654. The van der Waals surface area contributed by atoms with Gasteiger partial charge in [-0.1, -0.05) is 41.9 Å². The zero-order valence-electron chi connectivity index (χ0n) is 20.4. The highest BCUT2D eigenvalue weighted by Crippen LogP contribution is 2.25. The van der Waals surface area contributed by atoms with Gasteiger partial charge in [0.1, 0.15) is 5.75 Å². The molecule has 0 aliphatic heterocycles. The lowest BCUT2D eigenvalue weighted by atomic mass is 10.2. The Morgan fingerprint density at radius 1 is 0.833 bits per heavy atom. The molecular weight excluding hydrogens is 482 g/mol. The van der Waals surface area contributed by atoms with E-state index in [-0.39, 0.29) is 5.91 Å². The number of ether oxygens (including phenoxy) is 3. The number of carbonyl (C=O) groups excluding carboxylic acids is 3. The molecule has 4 rings (SSSR count). The highest BCUT2D eigenvalue weighted by Gasteiger charge is 2.17. The molecular formula is C28H26ClNO6. The molecule has 0 amide bonds. The van der Waals surface area contributed by atoms with Crippen molar-refractivity contribution in [2.45, 2.75) is 27.1 Å². The summed E-state index contributed by atoms with van der Waals surface area (Å²) in [4.78, 5) is 34.3. The van der Waals surface area contributed by atoms with E-state index < -0.39 is 18.2 Å². The molecule has 1 aromatic heterocycles. The van der Waals surface area contributed by atoms with E-state index in [9.17, 15) is 14.4 Å². The van der Waals surface area contributed by atoms with Gasteiger partial charge in [-0.3, -0.25) is 19.0 Å². The van der Waals surface area contributed by atoms with E-state index in [4.69, 9.17) is 25.8 Å². The fraction of sp³-hybridized carbons (Fsp3) is 0.179. The van der Waals surface area contributed by atoms with Crippen LogP contribution in [0.5, 0.6) is 5.75 Å². The van der Waals surface area contributed by atoms with Gasteiger partial charge in [0.05, 0.1) is 12.6 Å². The van der Waals surface area contributed by atoms with Gasteiger partial charge in [0.2, 0.25) is 0 Å². The second kappa shape index (κ2) is 12.0. The predicted octanol–water partition coefficient (Wildman–Crippen LogP) is 6.11. The fourth-order valence-corrected chi connectivity index (χ4v) is 3.65. The van der Waals surface area contributed by atoms with Crippen LogP contribution >= 0.6 is 11.6 Å². The third-order valence-corrected chi connectivity index (χ3v) is 5.36. The molecule has 0 bridgehead atoms. The third kappa shape index (κ3) is 6.73. The zero-order valence-corrected chi connectivity index (χ0v) is 21.1. The maximum absolute atomic E-state index is 12.7. The van der Waals surface area contributed by atoms with Crippen LogP contribution in [-0.2, 0) is 19.1 Å². The molecule has 0 saturated carbocycles. The summed E-state index contributed by atoms with van der Waals surface area (Å²) < 4.78 is 16.7. The van der Waals surface area contributed by atoms with E-state index in [0.29, 0.717) is 16.1 Å². The smallest absolute Gasteiger partial charge is 0.305 e. The number of halogens is 1. The van der Waals surface area contributed by atoms with Crippen molar-refractivity contribution >= 4 is 40.3 Å². The van der Waals surface area contributed by atoms with Crippen LogP contribution in [0.4, 0.5) is 0 Å². The summed E-state index contributed by atoms with van der Waals surface area (Å²) in [7, 11) is 1.63. The lowest BCUT2D eigenvalue weighted by Gasteiger charge is -2.16. The van der Waals surface area contributed by atoms with Crippen molar-refractivity contribution in [2.24, 2.45) is 0 Å². The number of esters is 2. The Morgan fingerprint density at radius 3 is 2.00 bits per heavy atom. The predicted molar refractivity (Wildman–Crippen MR) is 137 cm³/mol. The Bertz CT molecular complexity index is 1350. The van der Waals surface area contributed by atoms with Crippen LogP contribution in [-0.4, -0.2) is 29.5 Å². The molecule has 0 spiro atoms. The molecule has 0 saturated heterocycles. The molecule has 3 aromatic carbocycles. The first-order chi connectivity index (χ1) is 17.2. The highest BCUT2D eigenvalue weighted by molar-refractivity contribution is 6.30. The van der Waals surface area contributed by atoms with E-state index in [1.807, 2.05) is 37.3 Å². The summed E-state index contributed by atoms with van der Waals surface area (Å²) >= 11 is 5.87. The van der Waals surface area contributed by atoms with Crippen molar-refractivity contribution in [3.63, 3.8) is 0 Å². The largest absolute Gasteiger partial charge is 0.497 e. The van der Waals surface area contributed by atoms with Gasteiger partial charge in [0.15, 0.2) is 0 Å². The molecule has 0 atom stereocenters. The lowest BCUT2D eigenvalue weighted by Crippen LogP contribution is -2.14. The van der Waals surface area contributed by atoms with Crippen LogP contribution < -0.4 is 4.74 Å². The van der Waals surface area contributed by atoms with Gasteiger partial charge in [-0.25, -0.2) is 0 Å². The molecule has 8 heteroatoms. The van der Waals surface area contributed by atoms with Crippen molar-refractivity contribution < 1.29 is 28.6 Å². The second-order valence-corrected chi connectivity index (χ2v) is 8.26. The normalized spacial score (nSPS) is 10.4. The molecule has 0 fully saturated rings. The van der Waals surface area contributed by atoms with Gasteiger partial charge < -0.3 is 14.2 Å². The van der Waals surface area contributed by atoms with Crippen LogP contribution in [0.15, 0.2) is 78.9 Å². The number of benzene rings is 3. The highest BCUT2D eigenvalue weighted by atomic mass is 35.5. The van der Waals surface area contributed by atoms with Crippen LogP contribution in [0.2, 0.25) is 5.02 Å². The Morgan fingerprint density at radius 2 is 1.44 bits per heavy atom. The zero-order chi connectivity index (χ0) is 26.2. The summed E-state index contributed by atoms with van der Waals surface area (Å²) in [6.45, 7) is 4.44. The van der Waals surface area contributed by atoms with Crippen LogP contribution in [0.1, 0.15) is 41.8 Å². The van der Waals surface area contributed by atoms with Gasteiger partial charge in [-0.15, -0.1) is 0 Å². The molecule has 0 aliphatic rings. The summed E-state index contributed by atoms with van der Waals surface area (Å²) in [6, 6.07) is 23.4. The van der Waals surface area contributed by atoms with E-state index in [1.54, 1.807) is 60.2 Å². The molecule has 0 unspecified atom stereocenters. The van der Waals surface area contributed by atoms with E-state index >= 15 is 0 Å². The number of fused-ring (bicyclic) bond motifs is 1. The number of hydrogen-bond donors (Lipinski definition) is 0. The minimum Gasteiger partial charge on any atom is -0.497 e. The third-order valence-electron chi connectivity index (χ3n) is 5.10. The lowest BCUT2D eigenvalue weighted by molar-refractivity contribution is -0.186. The monoisotopic (exact) mass is 507 g/mol. The molecule has 0 radical (unpaired) electrons. The molecule has 186 valence electrons. The number of nitrogens with zero attached hydrogens (tertiary/aromatic N) is 1. The number of aromatic nitrogens is 1. The quantitative estimate of drug-likeness (QED) is 0.239. The number of methoxy groups -OCH3 is 1. The maximum Gasteiger partial charge on any atom is 0.305 e. The van der Waals surface area contributed by atoms with Gasteiger partial charge in [0, 0.05) is 41.1 Å². The minimum atomic E-state index is -0.957. The van der Waals surface area contributed by atoms with Crippen molar-refractivity contribution in [1.29, 1.82) is 0 Å². The van der Waals surface area contributed by atoms with Crippen LogP contribution in [0.25, 0.3) is 10.9 Å². The number of aryl methyl sites for hydroxylation is 1. The Labute approximate surface area is 214 Å². The molecule has 4 aromatic rings. The van der Waals surface area contributed by atoms with Crippen LogP contribution in [0, 0.1) is 6.92 Å². The topological polar surface area (TPSA) is 83.8 Å². The number of carbonyl (C=O) groups is 3. The molecule has 1 heterocycles. The van der Waals surface area contributed by atoms with Gasteiger partial charge in [-0.2, -0.15) is 0 Å². The summed E-state index contributed by atoms with van der Waals surface area (Å²) in [5, 5.41) is 1.60. The van der Waals surface area contributed by atoms with Gasteiger partial charge in [-0.05, 0) is 55.5 Å². The van der Waals surface area contributed by atoms with E-state index in [1.165, 1.54) is 13.8 Å². The summed E-state index contributed by atoms with van der Waals surface area (Å²) in [5.74, 6) is -0.280. The molecule has 36 heavy (non-hydrogen) atoms. The number of rotatable bonds is 5.